The van der Waals surface area contributed by atoms with Gasteiger partial charge in [0.1, 0.15) is 0 Å². The van der Waals surface area contributed by atoms with Crippen LogP contribution in [0.4, 0.5) is 5.69 Å². The molecular formula is C16H17ClN2O3S2. The minimum absolute atomic E-state index is 0.0137. The molecule has 0 saturated heterocycles. The lowest BCUT2D eigenvalue weighted by atomic mass is 10.2. The second-order valence-electron chi connectivity index (χ2n) is 5.11. The maximum absolute atomic E-state index is 12.4. The van der Waals surface area contributed by atoms with E-state index < -0.39 is 15.9 Å². The van der Waals surface area contributed by atoms with Gasteiger partial charge in [0.2, 0.25) is 10.0 Å². The van der Waals surface area contributed by atoms with Crippen LogP contribution < -0.4 is 5.32 Å². The molecule has 2 aromatic carbocycles. The number of anilines is 1. The first-order valence-electron chi connectivity index (χ1n) is 6.93. The van der Waals surface area contributed by atoms with Crippen molar-refractivity contribution in [3.05, 3.63) is 53.1 Å². The van der Waals surface area contributed by atoms with E-state index >= 15 is 0 Å². The highest BCUT2D eigenvalue weighted by Crippen LogP contribution is 2.24. The zero-order valence-electron chi connectivity index (χ0n) is 13.4. The fourth-order valence-corrected chi connectivity index (χ4v) is 3.46. The van der Waals surface area contributed by atoms with E-state index in [1.807, 2.05) is 18.4 Å². The van der Waals surface area contributed by atoms with E-state index in [-0.39, 0.29) is 15.5 Å². The van der Waals surface area contributed by atoms with Crippen molar-refractivity contribution in [1.29, 1.82) is 0 Å². The van der Waals surface area contributed by atoms with Gasteiger partial charge in [-0.05, 0) is 48.7 Å². The molecule has 0 bridgehead atoms. The van der Waals surface area contributed by atoms with Gasteiger partial charge in [-0.2, -0.15) is 0 Å². The monoisotopic (exact) mass is 384 g/mol. The zero-order chi connectivity index (χ0) is 17.9. The van der Waals surface area contributed by atoms with Crippen molar-refractivity contribution in [2.24, 2.45) is 0 Å². The summed E-state index contributed by atoms with van der Waals surface area (Å²) in [5.74, 6) is -0.465. The third-order valence-corrected chi connectivity index (χ3v) is 6.19. The SMILES string of the molecule is CSc1ccc(NC(=O)c2cc(S(=O)(=O)N(C)C)ccc2Cl)cc1. The predicted molar refractivity (Wildman–Crippen MR) is 98.5 cm³/mol. The number of amides is 1. The number of sulfonamides is 1. The highest BCUT2D eigenvalue weighted by Gasteiger charge is 2.20. The lowest BCUT2D eigenvalue weighted by molar-refractivity contribution is 0.102. The van der Waals surface area contributed by atoms with Crippen LogP contribution in [0.3, 0.4) is 0 Å². The predicted octanol–water partition coefficient (Wildman–Crippen LogP) is 3.56. The van der Waals surface area contributed by atoms with E-state index in [9.17, 15) is 13.2 Å². The number of hydrogen-bond donors (Lipinski definition) is 1. The second-order valence-corrected chi connectivity index (χ2v) is 8.55. The Morgan fingerprint density at radius 2 is 1.75 bits per heavy atom. The summed E-state index contributed by atoms with van der Waals surface area (Å²) in [6.07, 6.45) is 1.96. The third kappa shape index (κ3) is 4.10. The standard InChI is InChI=1S/C16H17ClN2O3S2/c1-19(2)24(21,22)13-8-9-15(17)14(10-13)16(20)18-11-4-6-12(23-3)7-5-11/h4-10H,1-3H3,(H,18,20). The Hall–Kier alpha value is -1.54. The Balaban J connectivity index is 2.31. The molecule has 0 spiro atoms. The minimum Gasteiger partial charge on any atom is -0.322 e. The van der Waals surface area contributed by atoms with Gasteiger partial charge in [-0.15, -0.1) is 11.8 Å². The average molecular weight is 385 g/mol. The number of hydrogen-bond acceptors (Lipinski definition) is 4. The van der Waals surface area contributed by atoms with Crippen LogP contribution in [0.2, 0.25) is 5.02 Å². The quantitative estimate of drug-likeness (QED) is 0.800. The number of thioether (sulfide) groups is 1. The number of benzene rings is 2. The molecule has 0 radical (unpaired) electrons. The van der Waals surface area contributed by atoms with E-state index in [0.29, 0.717) is 5.69 Å². The van der Waals surface area contributed by atoms with Crippen molar-refractivity contribution in [3.63, 3.8) is 0 Å². The minimum atomic E-state index is -3.64. The number of nitrogens with one attached hydrogen (secondary N) is 1. The summed E-state index contributed by atoms with van der Waals surface area (Å²) in [7, 11) is -0.784. The van der Waals surface area contributed by atoms with Gasteiger partial charge in [0.05, 0.1) is 15.5 Å². The normalized spacial score (nSPS) is 11.5. The Labute approximate surface area is 151 Å². The van der Waals surface area contributed by atoms with Crippen molar-refractivity contribution in [3.8, 4) is 0 Å². The zero-order valence-corrected chi connectivity index (χ0v) is 15.8. The average Bonchev–Trinajstić information content (AvgIpc) is 2.55. The molecule has 0 unspecified atom stereocenters. The smallest absolute Gasteiger partial charge is 0.257 e. The van der Waals surface area contributed by atoms with Crippen LogP contribution in [0.15, 0.2) is 52.3 Å². The van der Waals surface area contributed by atoms with Crippen LogP contribution in [-0.4, -0.2) is 39.0 Å². The summed E-state index contributed by atoms with van der Waals surface area (Å²) in [5, 5.41) is 2.90. The third-order valence-electron chi connectivity index (χ3n) is 3.31. The van der Waals surface area contributed by atoms with Gasteiger partial charge in [0.25, 0.3) is 5.91 Å². The van der Waals surface area contributed by atoms with Crippen LogP contribution in [0.5, 0.6) is 0 Å². The molecule has 8 heteroatoms. The molecule has 1 amide bonds. The van der Waals surface area contributed by atoms with Crippen LogP contribution in [0, 0.1) is 0 Å². The first-order valence-corrected chi connectivity index (χ1v) is 9.97. The number of nitrogens with zero attached hydrogens (tertiary/aromatic N) is 1. The molecule has 0 aliphatic rings. The van der Waals surface area contributed by atoms with Gasteiger partial charge in [-0.25, -0.2) is 12.7 Å². The molecule has 0 saturated carbocycles. The number of rotatable bonds is 5. The fourth-order valence-electron chi connectivity index (χ4n) is 1.92. The van der Waals surface area contributed by atoms with Crippen molar-refractivity contribution < 1.29 is 13.2 Å². The lowest BCUT2D eigenvalue weighted by Crippen LogP contribution is -2.23. The summed E-state index contributed by atoms with van der Waals surface area (Å²) in [5.41, 5.74) is 0.711. The summed E-state index contributed by atoms with van der Waals surface area (Å²) >= 11 is 7.66. The number of halogens is 1. The molecule has 0 aliphatic carbocycles. The van der Waals surface area contributed by atoms with Gasteiger partial charge in [-0.1, -0.05) is 11.6 Å². The largest absolute Gasteiger partial charge is 0.322 e. The summed E-state index contributed by atoms with van der Waals surface area (Å²) in [4.78, 5) is 13.5. The molecule has 128 valence electrons. The molecule has 0 aromatic heterocycles. The van der Waals surface area contributed by atoms with Gasteiger partial charge >= 0.3 is 0 Å². The first kappa shape index (κ1) is 18.8. The van der Waals surface area contributed by atoms with E-state index in [4.69, 9.17) is 11.6 Å². The van der Waals surface area contributed by atoms with E-state index in [2.05, 4.69) is 5.32 Å². The first-order chi connectivity index (χ1) is 11.3. The molecule has 2 rings (SSSR count). The molecule has 0 heterocycles. The van der Waals surface area contributed by atoms with Crippen molar-refractivity contribution in [2.75, 3.05) is 25.7 Å². The van der Waals surface area contributed by atoms with E-state index in [1.165, 1.54) is 32.3 Å². The van der Waals surface area contributed by atoms with E-state index in [0.717, 1.165) is 9.20 Å². The Kier molecular flexibility index (Phi) is 5.92. The number of carbonyl (C=O) groups is 1. The van der Waals surface area contributed by atoms with E-state index in [1.54, 1.807) is 23.9 Å². The molecule has 5 nitrogen and oxygen atoms in total. The lowest BCUT2D eigenvalue weighted by Gasteiger charge is -2.13. The van der Waals surface area contributed by atoms with Crippen LogP contribution in [0.25, 0.3) is 0 Å². The summed E-state index contributed by atoms with van der Waals surface area (Å²) in [6, 6.07) is 11.4. The Bertz CT molecular complexity index is 850. The number of carbonyl (C=O) groups excluding carboxylic acids is 1. The summed E-state index contributed by atoms with van der Waals surface area (Å²) < 4.78 is 25.5. The molecule has 1 N–H and O–H groups in total. The molecule has 0 aliphatic heterocycles. The van der Waals surface area contributed by atoms with Gasteiger partial charge in [0, 0.05) is 24.7 Å². The van der Waals surface area contributed by atoms with Gasteiger partial charge in [-0.3, -0.25) is 4.79 Å². The maximum atomic E-state index is 12.4. The van der Waals surface area contributed by atoms with Gasteiger partial charge in [0.15, 0.2) is 0 Å². The molecule has 24 heavy (non-hydrogen) atoms. The fraction of sp³-hybridized carbons (Fsp3) is 0.188. The van der Waals surface area contributed by atoms with Crippen molar-refractivity contribution in [1.82, 2.24) is 4.31 Å². The molecule has 0 atom stereocenters. The van der Waals surface area contributed by atoms with Crippen LogP contribution in [-0.2, 0) is 10.0 Å². The van der Waals surface area contributed by atoms with Gasteiger partial charge < -0.3 is 5.32 Å². The second kappa shape index (κ2) is 7.57. The molecule has 2 aromatic rings. The topological polar surface area (TPSA) is 66.5 Å². The summed E-state index contributed by atoms with van der Waals surface area (Å²) in [6.45, 7) is 0. The maximum Gasteiger partial charge on any atom is 0.257 e. The molecular weight excluding hydrogens is 368 g/mol. The highest BCUT2D eigenvalue weighted by atomic mass is 35.5. The van der Waals surface area contributed by atoms with Crippen LogP contribution >= 0.6 is 23.4 Å². The van der Waals surface area contributed by atoms with Crippen LogP contribution in [0.1, 0.15) is 10.4 Å². The van der Waals surface area contributed by atoms with Crippen molar-refractivity contribution in [2.45, 2.75) is 9.79 Å². The Morgan fingerprint density at radius 3 is 2.29 bits per heavy atom. The van der Waals surface area contributed by atoms with Crippen molar-refractivity contribution >= 4 is 45.0 Å². The Morgan fingerprint density at radius 1 is 1.12 bits per heavy atom. The molecule has 0 fully saturated rings. The highest BCUT2D eigenvalue weighted by molar-refractivity contribution is 7.98.